The number of nitrogens with zero attached hydrogens (tertiary/aromatic N) is 2. The first-order valence-electron chi connectivity index (χ1n) is 14.6. The van der Waals surface area contributed by atoms with Gasteiger partial charge >= 0.3 is 6.03 Å². The van der Waals surface area contributed by atoms with E-state index in [4.69, 9.17) is 5.73 Å². The minimum atomic E-state index is -0.762. The molecule has 0 radical (unpaired) electrons. The molecule has 1 aliphatic carbocycles. The van der Waals surface area contributed by atoms with Gasteiger partial charge in [0.15, 0.2) is 0 Å². The Morgan fingerprint density at radius 3 is 2.68 bits per heavy atom. The highest BCUT2D eigenvalue weighted by Crippen LogP contribution is 2.46. The maximum atomic E-state index is 13.7. The third kappa shape index (κ3) is 5.32. The van der Waals surface area contributed by atoms with E-state index in [9.17, 15) is 9.59 Å². The van der Waals surface area contributed by atoms with Crippen LogP contribution in [0.2, 0.25) is 0 Å². The smallest absolute Gasteiger partial charge is 0.318 e. The van der Waals surface area contributed by atoms with Gasteiger partial charge in [0.05, 0.1) is 12.2 Å². The van der Waals surface area contributed by atoms with Crippen molar-refractivity contribution in [2.24, 2.45) is 5.73 Å². The van der Waals surface area contributed by atoms with E-state index < -0.39 is 6.04 Å². The molecule has 4 aromatic rings. The zero-order valence-corrected chi connectivity index (χ0v) is 23.5. The number of nitrogens with one attached hydrogen (secondary N) is 3. The summed E-state index contributed by atoms with van der Waals surface area (Å²) in [6, 6.07) is 19.6. The topological polar surface area (TPSA) is 116 Å². The number of aromatic nitrogens is 2. The van der Waals surface area contributed by atoms with Gasteiger partial charge in [0.25, 0.3) is 0 Å². The standard InChI is InChI=1S/C33H38N6O2/c1-22(27-21-36-29-9-5-3-7-26(27)29)30(31(40)37-20-25-18-23(19-34)11-15-35-25)38-32(41)39-16-13-33(14-17-39)12-10-24-6-2-4-8-28(24)33/h2-9,11,15,18,21-22,30,36H,10,12-14,16-17,19-20,34H2,1H3,(H,37,40)(H,38,41)/t22-,30+/m0/s1. The van der Waals surface area contributed by atoms with Crippen LogP contribution in [0.15, 0.2) is 73.1 Å². The summed E-state index contributed by atoms with van der Waals surface area (Å²) in [5, 5.41) is 7.18. The number of rotatable bonds is 7. The first-order chi connectivity index (χ1) is 20.0. The molecular weight excluding hydrogens is 512 g/mol. The Morgan fingerprint density at radius 2 is 1.85 bits per heavy atom. The summed E-state index contributed by atoms with van der Waals surface area (Å²) in [5.41, 5.74) is 12.5. The Morgan fingerprint density at radius 1 is 1.07 bits per heavy atom. The van der Waals surface area contributed by atoms with Gasteiger partial charge < -0.3 is 26.3 Å². The third-order valence-electron chi connectivity index (χ3n) is 9.20. The molecule has 2 aromatic carbocycles. The van der Waals surface area contributed by atoms with Crippen LogP contribution in [0.4, 0.5) is 4.79 Å². The number of fused-ring (bicyclic) bond motifs is 3. The van der Waals surface area contributed by atoms with Gasteiger partial charge in [-0.1, -0.05) is 49.4 Å². The fourth-order valence-electron chi connectivity index (χ4n) is 6.75. The van der Waals surface area contributed by atoms with E-state index in [0.717, 1.165) is 53.4 Å². The number of aromatic amines is 1. The molecule has 2 atom stereocenters. The van der Waals surface area contributed by atoms with Crippen LogP contribution in [0.1, 0.15) is 60.1 Å². The lowest BCUT2D eigenvalue weighted by atomic mass is 9.74. The second-order valence-electron chi connectivity index (χ2n) is 11.5. The molecule has 0 bridgehead atoms. The van der Waals surface area contributed by atoms with E-state index >= 15 is 0 Å². The highest BCUT2D eigenvalue weighted by atomic mass is 16.2. The fourth-order valence-corrected chi connectivity index (χ4v) is 6.75. The minimum Gasteiger partial charge on any atom is -0.361 e. The van der Waals surface area contributed by atoms with Gasteiger partial charge in [-0.15, -0.1) is 0 Å². The Labute approximate surface area is 240 Å². The van der Waals surface area contributed by atoms with Gasteiger partial charge in [0, 0.05) is 48.8 Å². The number of carbonyl (C=O) groups is 2. The quantitative estimate of drug-likeness (QED) is 0.271. The largest absolute Gasteiger partial charge is 0.361 e. The zero-order valence-electron chi connectivity index (χ0n) is 23.5. The van der Waals surface area contributed by atoms with Gasteiger partial charge in [0.1, 0.15) is 6.04 Å². The molecular formula is C33H38N6O2. The van der Waals surface area contributed by atoms with Gasteiger partial charge in [-0.05, 0) is 71.6 Å². The molecule has 0 unspecified atom stereocenters. The first-order valence-corrected chi connectivity index (χ1v) is 14.6. The number of benzene rings is 2. The fraction of sp³-hybridized carbons (Fsp3) is 0.364. The van der Waals surface area contributed by atoms with Crippen LogP contribution in [-0.4, -0.2) is 45.9 Å². The molecule has 41 heavy (non-hydrogen) atoms. The van der Waals surface area contributed by atoms with Crippen LogP contribution in [0.5, 0.6) is 0 Å². The van der Waals surface area contributed by atoms with Crippen molar-refractivity contribution < 1.29 is 9.59 Å². The van der Waals surface area contributed by atoms with Crippen molar-refractivity contribution in [2.45, 2.75) is 63.1 Å². The summed E-state index contributed by atoms with van der Waals surface area (Å²) in [6.07, 6.45) is 7.77. The van der Waals surface area contributed by atoms with Gasteiger partial charge in [-0.25, -0.2) is 4.79 Å². The lowest BCUT2D eigenvalue weighted by molar-refractivity contribution is -0.123. The van der Waals surface area contributed by atoms with Crippen molar-refractivity contribution in [1.82, 2.24) is 25.5 Å². The molecule has 8 heteroatoms. The highest BCUT2D eigenvalue weighted by Gasteiger charge is 2.42. The molecule has 0 saturated carbocycles. The van der Waals surface area contributed by atoms with Crippen molar-refractivity contribution in [1.29, 1.82) is 0 Å². The van der Waals surface area contributed by atoms with E-state index in [2.05, 4.69) is 44.9 Å². The van der Waals surface area contributed by atoms with Crippen LogP contribution in [-0.2, 0) is 29.7 Å². The maximum Gasteiger partial charge on any atom is 0.318 e. The summed E-state index contributed by atoms with van der Waals surface area (Å²) < 4.78 is 0. The number of pyridine rings is 1. The van der Waals surface area contributed by atoms with E-state index in [1.807, 2.05) is 54.4 Å². The number of hydrogen-bond donors (Lipinski definition) is 4. The van der Waals surface area contributed by atoms with E-state index in [0.29, 0.717) is 19.6 Å². The van der Waals surface area contributed by atoms with Crippen molar-refractivity contribution >= 4 is 22.8 Å². The molecule has 1 spiro atoms. The molecule has 2 aliphatic rings. The predicted octanol–water partition coefficient (Wildman–Crippen LogP) is 4.50. The molecule has 212 valence electrons. The molecule has 6 rings (SSSR count). The normalized spacial score (nSPS) is 17.3. The van der Waals surface area contributed by atoms with E-state index in [1.54, 1.807) is 6.20 Å². The number of hydrogen-bond acceptors (Lipinski definition) is 4. The number of para-hydroxylation sites is 1. The first kappa shape index (κ1) is 27.0. The van der Waals surface area contributed by atoms with Crippen molar-refractivity contribution in [3.05, 3.63) is 101 Å². The van der Waals surface area contributed by atoms with Crippen LogP contribution < -0.4 is 16.4 Å². The monoisotopic (exact) mass is 550 g/mol. The lowest BCUT2D eigenvalue weighted by Crippen LogP contribution is -2.55. The number of aryl methyl sites for hydroxylation is 1. The Balaban J connectivity index is 1.18. The molecule has 3 amide bonds. The van der Waals surface area contributed by atoms with E-state index in [-0.39, 0.29) is 29.8 Å². The van der Waals surface area contributed by atoms with Crippen molar-refractivity contribution in [3.63, 3.8) is 0 Å². The van der Waals surface area contributed by atoms with Crippen molar-refractivity contribution in [2.75, 3.05) is 13.1 Å². The summed E-state index contributed by atoms with van der Waals surface area (Å²) in [4.78, 5) is 36.9. The second kappa shape index (κ2) is 11.4. The molecule has 5 N–H and O–H groups in total. The van der Waals surface area contributed by atoms with Crippen molar-refractivity contribution in [3.8, 4) is 0 Å². The molecule has 8 nitrogen and oxygen atoms in total. The molecule has 3 heterocycles. The Bertz CT molecular complexity index is 1550. The summed E-state index contributed by atoms with van der Waals surface area (Å²) in [5.74, 6) is -0.509. The number of likely N-dealkylation sites (tertiary alicyclic amines) is 1. The summed E-state index contributed by atoms with van der Waals surface area (Å²) in [7, 11) is 0. The summed E-state index contributed by atoms with van der Waals surface area (Å²) in [6.45, 7) is 4.00. The SMILES string of the molecule is C[C@@H](c1c[nH]c2ccccc12)[C@@H](NC(=O)N1CCC2(CCc3ccccc32)CC1)C(=O)NCc1cc(CN)ccn1. The average molecular weight is 551 g/mol. The number of carbonyl (C=O) groups excluding carboxylic acids is 2. The zero-order chi connectivity index (χ0) is 28.4. The Kier molecular flexibility index (Phi) is 7.49. The summed E-state index contributed by atoms with van der Waals surface area (Å²) >= 11 is 0. The Hall–Kier alpha value is -4.17. The lowest BCUT2D eigenvalue weighted by Gasteiger charge is -2.40. The average Bonchev–Trinajstić information content (AvgIpc) is 3.61. The molecule has 1 saturated heterocycles. The highest BCUT2D eigenvalue weighted by molar-refractivity contribution is 5.90. The van der Waals surface area contributed by atoms with Crippen LogP contribution in [0.3, 0.4) is 0 Å². The second-order valence-corrected chi connectivity index (χ2v) is 11.5. The molecule has 2 aromatic heterocycles. The number of urea groups is 1. The van der Waals surface area contributed by atoms with Gasteiger partial charge in [-0.3, -0.25) is 9.78 Å². The number of piperidine rings is 1. The minimum absolute atomic E-state index is 0.159. The van der Waals surface area contributed by atoms with Gasteiger partial charge in [0.2, 0.25) is 5.91 Å². The van der Waals surface area contributed by atoms with E-state index in [1.165, 1.54) is 11.1 Å². The van der Waals surface area contributed by atoms with Gasteiger partial charge in [-0.2, -0.15) is 0 Å². The predicted molar refractivity (Wildman–Crippen MR) is 160 cm³/mol. The van der Waals surface area contributed by atoms with Crippen LogP contribution in [0.25, 0.3) is 10.9 Å². The number of amides is 3. The number of nitrogens with two attached hydrogens (primary N) is 1. The third-order valence-corrected chi connectivity index (χ3v) is 9.20. The van der Waals surface area contributed by atoms with Crippen LogP contribution >= 0.6 is 0 Å². The number of H-pyrrole nitrogens is 1. The maximum absolute atomic E-state index is 13.7. The molecule has 1 fully saturated rings. The van der Waals surface area contributed by atoms with Crippen LogP contribution in [0, 0.1) is 0 Å². The molecule has 1 aliphatic heterocycles.